The molecule has 1 rings (SSSR count). The summed E-state index contributed by atoms with van der Waals surface area (Å²) in [6.07, 6.45) is 3.16. The largest absolute Gasteiger partial charge is 0.488 e. The van der Waals surface area contributed by atoms with E-state index in [1.165, 1.54) is 10.9 Å². The van der Waals surface area contributed by atoms with Gasteiger partial charge < -0.3 is 9.84 Å². The van der Waals surface area contributed by atoms with Crippen molar-refractivity contribution in [3.05, 3.63) is 12.4 Å². The quantitative estimate of drug-likeness (QED) is 0.821. The molecule has 0 aliphatic rings. The minimum Gasteiger partial charge on any atom is -0.488 e. The summed E-state index contributed by atoms with van der Waals surface area (Å²) in [6, 6.07) is 0. The summed E-state index contributed by atoms with van der Waals surface area (Å²) in [5, 5.41) is 13.0. The van der Waals surface area contributed by atoms with Crippen LogP contribution in [-0.4, -0.2) is 27.0 Å². The number of ether oxygens (including phenoxy) is 1. The van der Waals surface area contributed by atoms with Crippen molar-refractivity contribution < 1.29 is 14.6 Å². The van der Waals surface area contributed by atoms with E-state index < -0.39 is 11.5 Å². The lowest BCUT2D eigenvalue weighted by atomic mass is 10.1. The van der Waals surface area contributed by atoms with E-state index in [1.54, 1.807) is 20.0 Å². The zero-order valence-electron chi connectivity index (χ0n) is 9.39. The summed E-state index contributed by atoms with van der Waals surface area (Å²) >= 11 is 0. The highest BCUT2D eigenvalue weighted by molar-refractivity contribution is 5.75. The molecule has 0 fully saturated rings. The van der Waals surface area contributed by atoms with Crippen LogP contribution in [0.4, 0.5) is 0 Å². The second kappa shape index (κ2) is 3.92. The number of carboxylic acids is 1. The molecular formula is C10H16N2O3. The van der Waals surface area contributed by atoms with E-state index in [0.29, 0.717) is 5.75 Å². The molecule has 1 N–H and O–H groups in total. The number of hydrogen-bond donors (Lipinski definition) is 1. The SMILES string of the molecule is CC(C)Oc1cnn(C(C)(C)C(=O)O)c1. The van der Waals surface area contributed by atoms with Crippen LogP contribution in [0.15, 0.2) is 12.4 Å². The van der Waals surface area contributed by atoms with Gasteiger partial charge in [0.25, 0.3) is 0 Å². The van der Waals surface area contributed by atoms with Gasteiger partial charge in [-0.05, 0) is 27.7 Å². The molecular weight excluding hydrogens is 196 g/mol. The Hall–Kier alpha value is -1.52. The van der Waals surface area contributed by atoms with E-state index >= 15 is 0 Å². The molecule has 0 spiro atoms. The van der Waals surface area contributed by atoms with Gasteiger partial charge in [0.15, 0.2) is 11.3 Å². The van der Waals surface area contributed by atoms with Gasteiger partial charge >= 0.3 is 5.97 Å². The summed E-state index contributed by atoms with van der Waals surface area (Å²) in [5.41, 5.74) is -1.06. The molecule has 1 aromatic heterocycles. The van der Waals surface area contributed by atoms with Crippen molar-refractivity contribution in [3.63, 3.8) is 0 Å². The Bertz CT molecular complexity index is 355. The summed E-state index contributed by atoms with van der Waals surface area (Å²) < 4.78 is 6.78. The Balaban J connectivity index is 2.89. The number of carboxylic acid groups (broad SMARTS) is 1. The number of carbonyl (C=O) groups is 1. The molecule has 0 aliphatic carbocycles. The van der Waals surface area contributed by atoms with Gasteiger partial charge in [-0.3, -0.25) is 4.68 Å². The van der Waals surface area contributed by atoms with Crippen LogP contribution < -0.4 is 4.74 Å². The summed E-state index contributed by atoms with van der Waals surface area (Å²) in [5.74, 6) is -0.346. The van der Waals surface area contributed by atoms with Gasteiger partial charge in [-0.1, -0.05) is 0 Å². The molecule has 84 valence electrons. The van der Waals surface area contributed by atoms with Crippen molar-refractivity contribution in [2.24, 2.45) is 0 Å². The third-order valence-electron chi connectivity index (χ3n) is 2.03. The van der Waals surface area contributed by atoms with Crippen LogP contribution in [0.3, 0.4) is 0 Å². The minimum absolute atomic E-state index is 0.0515. The molecule has 15 heavy (non-hydrogen) atoms. The van der Waals surface area contributed by atoms with Crippen molar-refractivity contribution in [1.29, 1.82) is 0 Å². The van der Waals surface area contributed by atoms with E-state index in [4.69, 9.17) is 9.84 Å². The van der Waals surface area contributed by atoms with Crippen LogP contribution in [0.1, 0.15) is 27.7 Å². The minimum atomic E-state index is -1.06. The summed E-state index contributed by atoms with van der Waals surface area (Å²) in [4.78, 5) is 11.0. The molecule has 0 aliphatic heterocycles. The molecule has 0 radical (unpaired) electrons. The van der Waals surface area contributed by atoms with Crippen LogP contribution in [0.2, 0.25) is 0 Å². The lowest BCUT2D eigenvalue weighted by Gasteiger charge is -2.19. The molecule has 0 saturated heterocycles. The second-order valence-electron chi connectivity index (χ2n) is 4.15. The standard InChI is InChI=1S/C10H16N2O3/c1-7(2)15-8-5-11-12(6-8)10(3,4)9(13)14/h5-7H,1-4H3,(H,13,14). The Morgan fingerprint density at radius 1 is 1.60 bits per heavy atom. The predicted molar refractivity (Wildman–Crippen MR) is 54.9 cm³/mol. The molecule has 1 aromatic rings. The highest BCUT2D eigenvalue weighted by Crippen LogP contribution is 2.19. The molecule has 1 heterocycles. The van der Waals surface area contributed by atoms with Crippen molar-refractivity contribution in [1.82, 2.24) is 9.78 Å². The first kappa shape index (κ1) is 11.6. The Morgan fingerprint density at radius 3 is 2.67 bits per heavy atom. The van der Waals surface area contributed by atoms with Crippen molar-refractivity contribution >= 4 is 5.97 Å². The second-order valence-corrected chi connectivity index (χ2v) is 4.15. The first-order valence-electron chi connectivity index (χ1n) is 4.79. The first-order valence-corrected chi connectivity index (χ1v) is 4.79. The summed E-state index contributed by atoms with van der Waals surface area (Å²) in [6.45, 7) is 6.97. The fourth-order valence-electron chi connectivity index (χ4n) is 1.04. The molecule has 5 nitrogen and oxygen atoms in total. The maximum Gasteiger partial charge on any atom is 0.331 e. The molecule has 0 atom stereocenters. The third-order valence-corrected chi connectivity index (χ3v) is 2.03. The smallest absolute Gasteiger partial charge is 0.331 e. The van der Waals surface area contributed by atoms with Gasteiger partial charge in [0, 0.05) is 0 Å². The Kier molecular flexibility index (Phi) is 3.02. The maximum atomic E-state index is 11.0. The van der Waals surface area contributed by atoms with E-state index in [-0.39, 0.29) is 6.10 Å². The maximum absolute atomic E-state index is 11.0. The van der Waals surface area contributed by atoms with Gasteiger partial charge in [-0.15, -0.1) is 0 Å². The Labute approximate surface area is 88.7 Å². The van der Waals surface area contributed by atoms with Crippen molar-refractivity contribution in [2.75, 3.05) is 0 Å². The van der Waals surface area contributed by atoms with Gasteiger partial charge in [-0.25, -0.2) is 4.79 Å². The lowest BCUT2D eigenvalue weighted by molar-refractivity contribution is -0.146. The number of hydrogen-bond acceptors (Lipinski definition) is 3. The van der Waals surface area contributed by atoms with Crippen LogP contribution in [-0.2, 0) is 10.3 Å². The van der Waals surface area contributed by atoms with Gasteiger partial charge in [0.05, 0.1) is 18.5 Å². The number of aromatic nitrogens is 2. The number of rotatable bonds is 4. The average Bonchev–Trinajstić information content (AvgIpc) is 2.51. The van der Waals surface area contributed by atoms with Crippen LogP contribution >= 0.6 is 0 Å². The van der Waals surface area contributed by atoms with E-state index in [9.17, 15) is 4.79 Å². The molecule has 0 unspecified atom stereocenters. The van der Waals surface area contributed by atoms with Crippen LogP contribution in [0.5, 0.6) is 5.75 Å². The topological polar surface area (TPSA) is 64.4 Å². The highest BCUT2D eigenvalue weighted by Gasteiger charge is 2.30. The monoisotopic (exact) mass is 212 g/mol. The zero-order chi connectivity index (χ0) is 11.6. The molecule has 0 amide bonds. The highest BCUT2D eigenvalue weighted by atomic mass is 16.5. The predicted octanol–water partition coefficient (Wildman–Crippen LogP) is 1.49. The van der Waals surface area contributed by atoms with Crippen molar-refractivity contribution in [3.8, 4) is 5.75 Å². The average molecular weight is 212 g/mol. The lowest BCUT2D eigenvalue weighted by Crippen LogP contribution is -2.35. The normalized spacial score (nSPS) is 11.8. The fourth-order valence-corrected chi connectivity index (χ4v) is 1.04. The zero-order valence-corrected chi connectivity index (χ0v) is 9.39. The Morgan fingerprint density at radius 2 is 2.20 bits per heavy atom. The molecule has 5 heteroatoms. The van der Waals surface area contributed by atoms with Crippen LogP contribution in [0.25, 0.3) is 0 Å². The van der Waals surface area contributed by atoms with Crippen LogP contribution in [0, 0.1) is 0 Å². The van der Waals surface area contributed by atoms with Gasteiger partial charge in [0.2, 0.25) is 0 Å². The van der Waals surface area contributed by atoms with E-state index in [2.05, 4.69) is 5.10 Å². The molecule has 0 saturated carbocycles. The van der Waals surface area contributed by atoms with E-state index in [0.717, 1.165) is 0 Å². The van der Waals surface area contributed by atoms with Gasteiger partial charge in [0.1, 0.15) is 0 Å². The van der Waals surface area contributed by atoms with Gasteiger partial charge in [-0.2, -0.15) is 5.10 Å². The molecule has 0 aromatic carbocycles. The molecule has 0 bridgehead atoms. The fraction of sp³-hybridized carbons (Fsp3) is 0.600. The number of aliphatic carboxylic acids is 1. The van der Waals surface area contributed by atoms with Crippen molar-refractivity contribution in [2.45, 2.75) is 39.3 Å². The number of nitrogens with zero attached hydrogens (tertiary/aromatic N) is 2. The first-order chi connectivity index (χ1) is 6.84. The summed E-state index contributed by atoms with van der Waals surface area (Å²) in [7, 11) is 0. The third kappa shape index (κ3) is 2.49. The van der Waals surface area contributed by atoms with E-state index in [1.807, 2.05) is 13.8 Å².